The van der Waals surface area contributed by atoms with Crippen LogP contribution in [0.1, 0.15) is 55.4 Å². The van der Waals surface area contributed by atoms with Crippen LogP contribution in [0.4, 0.5) is 5.69 Å². The van der Waals surface area contributed by atoms with E-state index >= 15 is 0 Å². The molecular formula is C23H29NO. The van der Waals surface area contributed by atoms with Crippen LogP contribution in [-0.4, -0.2) is 11.7 Å². The van der Waals surface area contributed by atoms with E-state index in [1.165, 1.54) is 34.4 Å². The van der Waals surface area contributed by atoms with Crippen LogP contribution in [0.2, 0.25) is 0 Å². The predicted octanol–water partition coefficient (Wildman–Crippen LogP) is 5.30. The maximum Gasteiger partial charge on any atom is 0.119 e. The van der Waals surface area contributed by atoms with Gasteiger partial charge >= 0.3 is 0 Å². The number of hydrogen-bond donors (Lipinski definition) is 2. The lowest BCUT2D eigenvalue weighted by atomic mass is 9.72. The summed E-state index contributed by atoms with van der Waals surface area (Å²) in [5.74, 6) is 1.70. The number of phenolic OH excluding ortho intramolecular Hbond substituents is 1. The van der Waals surface area contributed by atoms with Gasteiger partial charge in [-0.05, 0) is 77.3 Å². The van der Waals surface area contributed by atoms with Gasteiger partial charge in [-0.3, -0.25) is 0 Å². The predicted molar refractivity (Wildman–Crippen MR) is 104 cm³/mol. The van der Waals surface area contributed by atoms with Crippen molar-refractivity contribution in [2.45, 2.75) is 52.4 Å². The second-order valence-corrected chi connectivity index (χ2v) is 8.95. The molecule has 0 aromatic heterocycles. The molecular weight excluding hydrogens is 306 g/mol. The lowest BCUT2D eigenvalue weighted by molar-refractivity contribution is 0.305. The molecule has 0 fully saturated rings. The highest BCUT2D eigenvalue weighted by Crippen LogP contribution is 2.44. The molecule has 2 nitrogen and oxygen atoms in total. The zero-order valence-corrected chi connectivity index (χ0v) is 15.6. The SMILES string of the molecule is CC(C)(C)C1CCNc2ccc(CC3Cc4cccc(O)c4C3)cc21. The molecule has 0 radical (unpaired) electrons. The van der Waals surface area contributed by atoms with E-state index in [-0.39, 0.29) is 0 Å². The number of benzene rings is 2. The van der Waals surface area contributed by atoms with Crippen molar-refractivity contribution in [3.63, 3.8) is 0 Å². The summed E-state index contributed by atoms with van der Waals surface area (Å²) >= 11 is 0. The molecule has 2 aromatic rings. The fraction of sp³-hybridized carbons (Fsp3) is 0.478. The van der Waals surface area contributed by atoms with Crippen molar-refractivity contribution in [1.29, 1.82) is 0 Å². The highest BCUT2D eigenvalue weighted by Gasteiger charge is 2.31. The first-order valence-corrected chi connectivity index (χ1v) is 9.58. The molecule has 0 saturated carbocycles. The number of nitrogens with one attached hydrogen (secondary N) is 1. The van der Waals surface area contributed by atoms with Crippen molar-refractivity contribution in [3.05, 3.63) is 58.7 Å². The molecule has 0 spiro atoms. The minimum Gasteiger partial charge on any atom is -0.508 e. The van der Waals surface area contributed by atoms with E-state index in [0.717, 1.165) is 25.8 Å². The average Bonchev–Trinajstić information content (AvgIpc) is 2.97. The summed E-state index contributed by atoms with van der Waals surface area (Å²) in [5.41, 5.74) is 7.05. The number of hydrogen-bond acceptors (Lipinski definition) is 2. The van der Waals surface area contributed by atoms with Crippen LogP contribution < -0.4 is 5.32 Å². The van der Waals surface area contributed by atoms with E-state index in [4.69, 9.17) is 0 Å². The van der Waals surface area contributed by atoms with Crippen molar-refractivity contribution < 1.29 is 5.11 Å². The number of anilines is 1. The number of aromatic hydroxyl groups is 1. The molecule has 0 bridgehead atoms. The number of rotatable bonds is 2. The minimum atomic E-state index is 0.296. The van der Waals surface area contributed by atoms with Crippen LogP contribution in [-0.2, 0) is 19.3 Å². The first kappa shape index (κ1) is 16.5. The van der Waals surface area contributed by atoms with Gasteiger partial charge < -0.3 is 10.4 Å². The Morgan fingerprint density at radius 2 is 1.96 bits per heavy atom. The van der Waals surface area contributed by atoms with Crippen LogP contribution in [0, 0.1) is 11.3 Å². The third-order valence-electron chi connectivity index (χ3n) is 6.06. The molecule has 2 aromatic carbocycles. The Morgan fingerprint density at radius 3 is 2.72 bits per heavy atom. The third-order valence-corrected chi connectivity index (χ3v) is 6.06. The van der Waals surface area contributed by atoms with E-state index in [0.29, 0.717) is 23.0 Å². The Hall–Kier alpha value is -1.96. The van der Waals surface area contributed by atoms with Gasteiger partial charge in [0.1, 0.15) is 5.75 Å². The maximum absolute atomic E-state index is 10.1. The molecule has 25 heavy (non-hydrogen) atoms. The monoisotopic (exact) mass is 335 g/mol. The van der Waals surface area contributed by atoms with Crippen LogP contribution in [0.3, 0.4) is 0 Å². The van der Waals surface area contributed by atoms with E-state index in [1.807, 2.05) is 12.1 Å². The van der Waals surface area contributed by atoms with Crippen LogP contribution in [0.15, 0.2) is 36.4 Å². The Labute approximate surface area is 151 Å². The standard InChI is InChI=1S/C23H29NO/c1-23(2,3)20-9-10-24-21-8-7-15(13-19(20)21)11-16-12-17-5-4-6-22(25)18(17)14-16/h4-8,13,16,20,24-25H,9-12,14H2,1-3H3. The van der Waals surface area contributed by atoms with Crippen molar-refractivity contribution in [1.82, 2.24) is 0 Å². The highest BCUT2D eigenvalue weighted by molar-refractivity contribution is 5.57. The zero-order valence-electron chi connectivity index (χ0n) is 15.6. The van der Waals surface area contributed by atoms with Gasteiger partial charge in [0, 0.05) is 12.2 Å². The summed E-state index contributed by atoms with van der Waals surface area (Å²) in [5, 5.41) is 13.7. The van der Waals surface area contributed by atoms with Crippen molar-refractivity contribution in [2.75, 3.05) is 11.9 Å². The summed E-state index contributed by atoms with van der Waals surface area (Å²) in [6.07, 6.45) is 4.39. The average molecular weight is 335 g/mol. The first-order chi connectivity index (χ1) is 11.9. The second-order valence-electron chi connectivity index (χ2n) is 8.95. The van der Waals surface area contributed by atoms with Gasteiger partial charge in [0.25, 0.3) is 0 Å². The van der Waals surface area contributed by atoms with Crippen molar-refractivity contribution >= 4 is 5.69 Å². The maximum atomic E-state index is 10.1. The van der Waals surface area contributed by atoms with E-state index in [1.54, 1.807) is 0 Å². The Bertz CT molecular complexity index is 787. The van der Waals surface area contributed by atoms with Gasteiger partial charge in [0.2, 0.25) is 0 Å². The molecule has 2 atom stereocenters. The summed E-state index contributed by atoms with van der Waals surface area (Å²) in [7, 11) is 0. The molecule has 1 aliphatic heterocycles. The van der Waals surface area contributed by atoms with E-state index in [2.05, 4.69) is 50.4 Å². The van der Waals surface area contributed by atoms with Crippen LogP contribution in [0.25, 0.3) is 0 Å². The van der Waals surface area contributed by atoms with E-state index < -0.39 is 0 Å². The molecule has 2 aliphatic rings. The van der Waals surface area contributed by atoms with Crippen LogP contribution in [0.5, 0.6) is 5.75 Å². The number of phenols is 1. The topological polar surface area (TPSA) is 32.3 Å². The highest BCUT2D eigenvalue weighted by atomic mass is 16.3. The molecule has 1 heterocycles. The first-order valence-electron chi connectivity index (χ1n) is 9.58. The summed E-state index contributed by atoms with van der Waals surface area (Å²) in [6, 6.07) is 13.0. The zero-order chi connectivity index (χ0) is 17.6. The molecule has 4 rings (SSSR count). The Balaban J connectivity index is 1.56. The molecule has 1 aliphatic carbocycles. The normalized spacial score (nSPS) is 22.2. The lowest BCUT2D eigenvalue weighted by Gasteiger charge is -2.36. The Kier molecular flexibility index (Phi) is 4.02. The third kappa shape index (κ3) is 3.15. The minimum absolute atomic E-state index is 0.296. The summed E-state index contributed by atoms with van der Waals surface area (Å²) in [4.78, 5) is 0. The smallest absolute Gasteiger partial charge is 0.119 e. The van der Waals surface area contributed by atoms with Crippen molar-refractivity contribution in [2.24, 2.45) is 11.3 Å². The van der Waals surface area contributed by atoms with Crippen LogP contribution >= 0.6 is 0 Å². The van der Waals surface area contributed by atoms with Gasteiger partial charge in [-0.25, -0.2) is 0 Å². The molecule has 132 valence electrons. The molecule has 2 heteroatoms. The lowest BCUT2D eigenvalue weighted by Crippen LogP contribution is -2.26. The fourth-order valence-corrected chi connectivity index (χ4v) is 4.79. The molecule has 2 unspecified atom stereocenters. The van der Waals surface area contributed by atoms with Gasteiger partial charge in [-0.2, -0.15) is 0 Å². The quantitative estimate of drug-likeness (QED) is 0.781. The second kappa shape index (κ2) is 6.09. The molecule has 0 amide bonds. The summed E-state index contributed by atoms with van der Waals surface area (Å²) in [6.45, 7) is 8.15. The Morgan fingerprint density at radius 1 is 1.12 bits per heavy atom. The fourth-order valence-electron chi connectivity index (χ4n) is 4.79. The van der Waals surface area contributed by atoms with Gasteiger partial charge in [0.15, 0.2) is 0 Å². The largest absolute Gasteiger partial charge is 0.508 e. The number of fused-ring (bicyclic) bond motifs is 2. The van der Waals surface area contributed by atoms with Gasteiger partial charge in [-0.1, -0.05) is 45.0 Å². The van der Waals surface area contributed by atoms with Gasteiger partial charge in [0.05, 0.1) is 0 Å². The van der Waals surface area contributed by atoms with Gasteiger partial charge in [-0.15, -0.1) is 0 Å². The summed E-state index contributed by atoms with van der Waals surface area (Å²) < 4.78 is 0. The molecule has 0 saturated heterocycles. The van der Waals surface area contributed by atoms with Crippen molar-refractivity contribution in [3.8, 4) is 5.75 Å². The van der Waals surface area contributed by atoms with E-state index in [9.17, 15) is 5.11 Å². The molecule has 2 N–H and O–H groups in total.